The molecule has 232 valence electrons. The Morgan fingerprint density at radius 3 is 2.64 bits per heavy atom. The number of nitrogens with two attached hydrogens (primary N) is 1. The van der Waals surface area contributed by atoms with E-state index in [2.05, 4.69) is 89.8 Å². The molecule has 2 aliphatic heterocycles. The average Bonchev–Trinajstić information content (AvgIpc) is 3.28. The van der Waals surface area contributed by atoms with Gasteiger partial charge in [0.2, 0.25) is 5.28 Å². The largest absolute Gasteiger partial charge is 0.495 e. The Kier molecular flexibility index (Phi) is 8.96. The molecule has 4 aromatic rings. The van der Waals surface area contributed by atoms with Gasteiger partial charge in [0.25, 0.3) is 0 Å². The van der Waals surface area contributed by atoms with Gasteiger partial charge in [-0.1, -0.05) is 17.9 Å². The molecule has 0 saturated carbocycles. The van der Waals surface area contributed by atoms with Crippen molar-refractivity contribution < 1.29 is 4.74 Å². The molecule has 4 heterocycles. The van der Waals surface area contributed by atoms with Gasteiger partial charge in [0.15, 0.2) is 0 Å². The minimum absolute atomic E-state index is 0.193. The van der Waals surface area contributed by atoms with Crippen molar-refractivity contribution in [1.29, 1.82) is 0 Å². The third-order valence-corrected chi connectivity index (χ3v) is 11.5. The number of ether oxygens (including phenoxy) is 1. The molecule has 44 heavy (non-hydrogen) atoms. The third-order valence-electron chi connectivity index (χ3n) is 8.61. The van der Waals surface area contributed by atoms with E-state index >= 15 is 0 Å². The van der Waals surface area contributed by atoms with Gasteiger partial charge in [0.05, 0.1) is 23.5 Å². The topological polar surface area (TPSA) is 97.4 Å². The highest BCUT2D eigenvalue weighted by atomic mass is 79.9. The minimum atomic E-state index is -1.77. The molecule has 0 unspecified atom stereocenters. The molecule has 0 spiro atoms. The molecule has 13 heteroatoms. The van der Waals surface area contributed by atoms with E-state index in [-0.39, 0.29) is 5.28 Å². The van der Waals surface area contributed by atoms with E-state index in [0.717, 1.165) is 77.8 Å². The molecule has 9 nitrogen and oxygen atoms in total. The number of aromatic nitrogens is 4. The summed E-state index contributed by atoms with van der Waals surface area (Å²) < 4.78 is 8.39. The summed E-state index contributed by atoms with van der Waals surface area (Å²) in [5, 5.41) is 9.33. The fraction of sp³-hybridized carbons (Fsp3) is 0.387. The number of hydrogen-bond acceptors (Lipinski definition) is 9. The van der Waals surface area contributed by atoms with Crippen molar-refractivity contribution in [3.05, 3.63) is 63.7 Å². The number of fused-ring (bicyclic) bond motifs is 3. The Balaban J connectivity index is 1.19. The van der Waals surface area contributed by atoms with Crippen LogP contribution in [0, 0.1) is 0 Å². The van der Waals surface area contributed by atoms with Gasteiger partial charge in [-0.3, -0.25) is 9.58 Å². The summed E-state index contributed by atoms with van der Waals surface area (Å²) in [5.41, 5.74) is 14.0. The number of benzene rings is 2. The van der Waals surface area contributed by atoms with Gasteiger partial charge in [0, 0.05) is 91.5 Å². The van der Waals surface area contributed by atoms with Crippen LogP contribution in [0.2, 0.25) is 5.28 Å². The molecule has 0 radical (unpaired) electrons. The number of hydrogen-bond donors (Lipinski definition) is 2. The standard InChI is InChI=1S/C31H37BrClN8OPS/c1-39-26-9-12-41(27-15-28(42-2)24(34)14-21(27)22(26)16-36-39)20-7-10-40(11-8-20)18-19-5-6-25(29(13-19)43(3,4)44)37-30-23(32)17-35-31(33)38-30/h5-6,13-17,20H,7-12,18,34H2,1-4H3,(H,35,37,38). The number of aryl methyl sites for hydroxylation is 1. The lowest BCUT2D eigenvalue weighted by atomic mass is 9.99. The summed E-state index contributed by atoms with van der Waals surface area (Å²) in [6.45, 7) is 8.18. The Morgan fingerprint density at radius 2 is 1.91 bits per heavy atom. The first-order chi connectivity index (χ1) is 21.0. The van der Waals surface area contributed by atoms with Crippen LogP contribution in [0.1, 0.15) is 24.1 Å². The Labute approximate surface area is 277 Å². The molecular weight excluding hydrogens is 679 g/mol. The lowest BCUT2D eigenvalue weighted by molar-refractivity contribution is 0.201. The number of nitrogen functional groups attached to an aromatic ring is 1. The smallest absolute Gasteiger partial charge is 0.224 e. The second-order valence-electron chi connectivity index (χ2n) is 11.9. The normalized spacial score (nSPS) is 15.9. The van der Waals surface area contributed by atoms with E-state index in [4.69, 9.17) is 33.9 Å². The van der Waals surface area contributed by atoms with Crippen LogP contribution in [0.15, 0.2) is 47.2 Å². The highest BCUT2D eigenvalue weighted by Crippen LogP contribution is 2.43. The van der Waals surface area contributed by atoms with E-state index in [1.807, 2.05) is 17.9 Å². The van der Waals surface area contributed by atoms with Crippen molar-refractivity contribution >= 4 is 73.6 Å². The molecule has 0 aliphatic carbocycles. The lowest BCUT2D eigenvalue weighted by Crippen LogP contribution is -2.45. The summed E-state index contributed by atoms with van der Waals surface area (Å²) in [5.74, 6) is 1.34. The average molecular weight is 716 g/mol. The first-order valence-corrected chi connectivity index (χ1v) is 19.5. The van der Waals surface area contributed by atoms with Gasteiger partial charge in [-0.05, 0) is 83.5 Å². The summed E-state index contributed by atoms with van der Waals surface area (Å²) in [6.07, 6.45) is 6.71. The number of halogens is 2. The van der Waals surface area contributed by atoms with Gasteiger partial charge in [-0.15, -0.1) is 0 Å². The number of anilines is 4. The zero-order chi connectivity index (χ0) is 31.2. The van der Waals surface area contributed by atoms with E-state index in [9.17, 15) is 0 Å². The fourth-order valence-electron chi connectivity index (χ4n) is 6.36. The van der Waals surface area contributed by atoms with E-state index < -0.39 is 6.04 Å². The minimum Gasteiger partial charge on any atom is -0.495 e. The second-order valence-corrected chi connectivity index (χ2v) is 19.0. The number of rotatable bonds is 7. The predicted molar refractivity (Wildman–Crippen MR) is 189 cm³/mol. The number of nitrogens with one attached hydrogen (secondary N) is 1. The molecule has 2 aromatic carbocycles. The van der Waals surface area contributed by atoms with Crippen molar-refractivity contribution in [2.75, 3.05) is 56.0 Å². The van der Waals surface area contributed by atoms with E-state index in [1.165, 1.54) is 16.9 Å². The van der Waals surface area contributed by atoms with Crippen molar-refractivity contribution in [2.24, 2.45) is 7.05 Å². The zero-order valence-corrected chi connectivity index (χ0v) is 29.4. The van der Waals surface area contributed by atoms with Crippen LogP contribution < -0.4 is 26.0 Å². The molecule has 1 saturated heterocycles. The zero-order valence-electron chi connectivity index (χ0n) is 25.3. The van der Waals surface area contributed by atoms with Crippen LogP contribution in [0.3, 0.4) is 0 Å². The number of methoxy groups -OCH3 is 1. The molecule has 2 aliphatic rings. The SMILES string of the molecule is COc1cc2c(cc1N)-c1cnn(C)c1CCN2C1CCN(Cc2ccc(Nc3nc(Cl)ncc3Br)c(P(C)(C)=S)c2)CC1. The quantitative estimate of drug-likeness (QED) is 0.135. The number of likely N-dealkylation sites (tertiary alicyclic amines) is 1. The molecular formula is C31H37BrClN8OPS. The van der Waals surface area contributed by atoms with Crippen LogP contribution in [-0.4, -0.2) is 70.8 Å². The van der Waals surface area contributed by atoms with Crippen molar-refractivity contribution in [3.8, 4) is 16.9 Å². The van der Waals surface area contributed by atoms with Crippen LogP contribution >= 0.6 is 33.6 Å². The Bertz CT molecular complexity index is 1750. The molecule has 0 atom stereocenters. The van der Waals surface area contributed by atoms with Crippen LogP contribution in [0.4, 0.5) is 22.9 Å². The van der Waals surface area contributed by atoms with Crippen LogP contribution in [-0.2, 0) is 31.8 Å². The van der Waals surface area contributed by atoms with Crippen molar-refractivity contribution in [2.45, 2.75) is 31.8 Å². The maximum absolute atomic E-state index is 6.38. The maximum atomic E-state index is 6.38. The second kappa shape index (κ2) is 12.6. The van der Waals surface area contributed by atoms with E-state index in [1.54, 1.807) is 13.3 Å². The first-order valence-electron chi connectivity index (χ1n) is 14.6. The highest BCUT2D eigenvalue weighted by molar-refractivity contribution is 9.10. The molecule has 2 aromatic heterocycles. The first kappa shape index (κ1) is 31.3. The highest BCUT2D eigenvalue weighted by Gasteiger charge is 2.31. The van der Waals surface area contributed by atoms with Crippen molar-refractivity contribution in [1.82, 2.24) is 24.6 Å². The van der Waals surface area contributed by atoms with Gasteiger partial charge in [0.1, 0.15) is 11.6 Å². The fourth-order valence-corrected chi connectivity index (χ4v) is 8.43. The summed E-state index contributed by atoms with van der Waals surface area (Å²) >= 11 is 15.6. The summed E-state index contributed by atoms with van der Waals surface area (Å²) in [6, 6.07) is 9.41. The molecule has 1 fully saturated rings. The third kappa shape index (κ3) is 6.35. The van der Waals surface area contributed by atoms with Gasteiger partial charge >= 0.3 is 0 Å². The number of nitrogens with zero attached hydrogens (tertiary/aromatic N) is 6. The molecule has 0 amide bonds. The molecule has 3 N–H and O–H groups in total. The van der Waals surface area contributed by atoms with Crippen LogP contribution in [0.5, 0.6) is 5.75 Å². The number of piperidine rings is 1. The Morgan fingerprint density at radius 1 is 1.14 bits per heavy atom. The van der Waals surface area contributed by atoms with E-state index in [0.29, 0.717) is 17.5 Å². The molecule has 6 rings (SSSR count). The van der Waals surface area contributed by atoms with Gasteiger partial charge in [-0.25, -0.2) is 4.98 Å². The van der Waals surface area contributed by atoms with Crippen LogP contribution in [0.25, 0.3) is 11.1 Å². The van der Waals surface area contributed by atoms with Gasteiger partial charge < -0.3 is 20.7 Å². The van der Waals surface area contributed by atoms with Gasteiger partial charge in [-0.2, -0.15) is 10.1 Å². The van der Waals surface area contributed by atoms with Crippen molar-refractivity contribution in [3.63, 3.8) is 0 Å². The summed E-state index contributed by atoms with van der Waals surface area (Å²) in [7, 11) is 3.70. The lowest BCUT2D eigenvalue weighted by Gasteiger charge is -2.40. The maximum Gasteiger partial charge on any atom is 0.224 e. The molecule has 0 bridgehead atoms. The monoisotopic (exact) mass is 714 g/mol. The predicted octanol–water partition coefficient (Wildman–Crippen LogP) is 6.02. The Hall–Kier alpha value is -2.69. The summed E-state index contributed by atoms with van der Waals surface area (Å²) in [4.78, 5) is 13.5.